The first-order valence-corrected chi connectivity index (χ1v) is 29.9. The van der Waals surface area contributed by atoms with Crippen molar-refractivity contribution in [1.29, 1.82) is 0 Å². The molecule has 24 nitrogen and oxygen atoms in total. The molecule has 464 valence electrons. The number of carbonyl (C=O) groups is 10. The van der Waals surface area contributed by atoms with Crippen LogP contribution >= 0.6 is 0 Å². The maximum atomic E-state index is 15.1. The van der Waals surface area contributed by atoms with Crippen molar-refractivity contribution >= 4 is 59.1 Å². The number of nitrogens with two attached hydrogens (primary N) is 4. The highest BCUT2D eigenvalue weighted by Crippen LogP contribution is 2.25. The third kappa shape index (κ3) is 18.5. The normalized spacial score (nSPS) is 26.5. The molecule has 14 N–H and O–H groups in total. The van der Waals surface area contributed by atoms with Crippen molar-refractivity contribution < 1.29 is 47.9 Å². The van der Waals surface area contributed by atoms with Crippen LogP contribution in [0.15, 0.2) is 60.7 Å². The highest BCUT2D eigenvalue weighted by atomic mass is 16.2. The molecule has 3 heterocycles. The minimum atomic E-state index is -1.43. The Morgan fingerprint density at radius 1 is 0.440 bits per heavy atom. The van der Waals surface area contributed by atoms with Crippen molar-refractivity contribution in [1.82, 2.24) is 51.7 Å². The minimum absolute atomic E-state index is 0.00552. The highest BCUT2D eigenvalue weighted by molar-refractivity contribution is 6.00. The molecule has 24 heteroatoms. The van der Waals surface area contributed by atoms with Gasteiger partial charge in [0.1, 0.15) is 60.4 Å². The number of nitrogens with one attached hydrogen (secondary N) is 6. The molecule has 3 aliphatic heterocycles. The number of fused-ring (bicyclic) bond motifs is 2. The van der Waals surface area contributed by atoms with Crippen LogP contribution in [0.3, 0.4) is 0 Å². The Morgan fingerprint density at radius 3 is 1.40 bits per heavy atom. The van der Waals surface area contributed by atoms with E-state index < -0.39 is 131 Å². The van der Waals surface area contributed by atoms with Crippen LogP contribution < -0.4 is 55.1 Å². The summed E-state index contributed by atoms with van der Waals surface area (Å²) >= 11 is 0. The van der Waals surface area contributed by atoms with Crippen molar-refractivity contribution in [3.8, 4) is 0 Å². The summed E-state index contributed by atoms with van der Waals surface area (Å²) in [4.78, 5) is 150. The van der Waals surface area contributed by atoms with Crippen molar-refractivity contribution in [2.75, 3.05) is 26.2 Å². The molecule has 0 aromatic heterocycles. The van der Waals surface area contributed by atoms with Gasteiger partial charge in [-0.3, -0.25) is 58.0 Å². The standard InChI is InChI=1S/C60H94N14O10/c1-35(2)31-42-52(76)67-44(33-39-19-11-9-12-20-39)57(81)71-29-17-25-45(71)54(78)70-50(38(7)8)60(84)73(63)47(24-16-28-62)55(79)68-43(32-36(3)4)58(82)74(64)48(34-40-21-13-10-14-22-40)59(83)72-30-18-26-46(72)53(77)69-49(37(5)6)56(80)65-41(23-15-27-61)51(75)66-42/h9-14,19-22,35-38,41-50H,15-18,23-34,61-64H2,1-8H3,(H,65,80)(H,66,75)(H,67,76)(H,68,79)(H,69,77)(H,70,78)/t41-,42?,43-,44+,45-,46-,47-,48+,49-,50-/m0/s1. The highest BCUT2D eigenvalue weighted by Gasteiger charge is 2.45. The molecule has 10 atom stereocenters. The van der Waals surface area contributed by atoms with Gasteiger partial charge in [-0.15, -0.1) is 0 Å². The smallest absolute Gasteiger partial charge is 0.260 e. The van der Waals surface area contributed by atoms with E-state index in [4.69, 9.17) is 23.2 Å². The third-order valence-corrected chi connectivity index (χ3v) is 15.8. The largest absolute Gasteiger partial charge is 0.343 e. The van der Waals surface area contributed by atoms with Gasteiger partial charge in [-0.2, -0.15) is 0 Å². The molecular formula is C60H94N14O10. The van der Waals surface area contributed by atoms with Gasteiger partial charge >= 0.3 is 0 Å². The summed E-state index contributed by atoms with van der Waals surface area (Å²) in [5.74, 6) is 4.71. The van der Waals surface area contributed by atoms with E-state index in [9.17, 15) is 43.2 Å². The zero-order chi connectivity index (χ0) is 61.9. The van der Waals surface area contributed by atoms with E-state index in [0.29, 0.717) is 24.0 Å². The van der Waals surface area contributed by atoms with E-state index in [2.05, 4.69) is 31.9 Å². The number of benzene rings is 2. The van der Waals surface area contributed by atoms with Crippen molar-refractivity contribution in [2.45, 2.75) is 193 Å². The predicted molar refractivity (Wildman–Crippen MR) is 316 cm³/mol. The van der Waals surface area contributed by atoms with Gasteiger partial charge in [0.15, 0.2) is 0 Å². The lowest BCUT2D eigenvalue weighted by atomic mass is 9.98. The van der Waals surface area contributed by atoms with Gasteiger partial charge in [0.2, 0.25) is 47.3 Å². The zero-order valence-electron chi connectivity index (χ0n) is 50.4. The van der Waals surface area contributed by atoms with Crippen LogP contribution in [0, 0.1) is 23.7 Å². The molecule has 0 bridgehead atoms. The summed E-state index contributed by atoms with van der Waals surface area (Å²) in [6, 6.07) is 5.12. The van der Waals surface area contributed by atoms with Crippen LogP contribution in [-0.2, 0) is 60.8 Å². The molecule has 3 fully saturated rings. The molecule has 1 unspecified atom stereocenters. The summed E-state index contributed by atoms with van der Waals surface area (Å²) < 4.78 is 0. The molecule has 2 aromatic carbocycles. The average Bonchev–Trinajstić information content (AvgIpc) is 4.06. The minimum Gasteiger partial charge on any atom is -0.343 e. The fourth-order valence-corrected chi connectivity index (χ4v) is 11.2. The number of hydrogen-bond donors (Lipinski definition) is 10. The topological polar surface area (TPSA) is 360 Å². The lowest BCUT2D eigenvalue weighted by molar-refractivity contribution is -0.151. The number of nitrogens with zero attached hydrogens (tertiary/aromatic N) is 4. The zero-order valence-corrected chi connectivity index (χ0v) is 50.4. The summed E-state index contributed by atoms with van der Waals surface area (Å²) in [5, 5.41) is 18.5. The van der Waals surface area contributed by atoms with Crippen LogP contribution in [0.1, 0.15) is 131 Å². The SMILES string of the molecule is CC(C)CC1NC(=O)[C@H](CCCN)NC(=O)[C@H](C(C)C)NC(=O)[C@@H]2CCCN2C(=O)[C@@H](Cc2ccccc2)N(N)C(=O)[C@H](CC(C)C)NC(=O)[C@H](CCCN)N(N)C(=O)[C@H](C(C)C)NC(=O)[C@@H]2CCCN2C(=O)[C@@H](Cc2ccccc2)NC1=O. The summed E-state index contributed by atoms with van der Waals surface area (Å²) in [6.07, 6.45) is 1.77. The molecular weight excluding hydrogens is 1080 g/mol. The first-order chi connectivity index (χ1) is 39.9. The quantitative estimate of drug-likeness (QED) is 0.0804. The maximum absolute atomic E-state index is 15.1. The first-order valence-electron chi connectivity index (χ1n) is 29.9. The fraction of sp³-hybridized carbons (Fsp3) is 0.633. The summed E-state index contributed by atoms with van der Waals surface area (Å²) in [6.45, 7) is 14.6. The van der Waals surface area contributed by atoms with E-state index in [0.717, 1.165) is 10.0 Å². The van der Waals surface area contributed by atoms with Crippen LogP contribution in [0.5, 0.6) is 0 Å². The van der Waals surface area contributed by atoms with Gasteiger partial charge in [-0.25, -0.2) is 11.7 Å². The number of carbonyl (C=O) groups excluding carboxylic acids is 10. The Bertz CT molecular complexity index is 2570. The Hall–Kier alpha value is -7.02. The molecule has 0 spiro atoms. The molecule has 3 aliphatic rings. The molecule has 0 saturated carbocycles. The Labute approximate surface area is 494 Å². The summed E-state index contributed by atoms with van der Waals surface area (Å²) in [5.41, 5.74) is 13.2. The maximum Gasteiger partial charge on any atom is 0.260 e. The van der Waals surface area contributed by atoms with E-state index in [-0.39, 0.29) is 102 Å². The van der Waals surface area contributed by atoms with E-state index in [1.807, 2.05) is 27.7 Å². The number of rotatable bonds is 16. The average molecular weight is 1170 g/mol. The molecule has 84 heavy (non-hydrogen) atoms. The van der Waals surface area contributed by atoms with Crippen LogP contribution in [0.2, 0.25) is 0 Å². The molecule has 0 radical (unpaired) electrons. The van der Waals surface area contributed by atoms with Gasteiger partial charge < -0.3 is 53.2 Å². The van der Waals surface area contributed by atoms with Crippen molar-refractivity contribution in [3.63, 3.8) is 0 Å². The molecule has 3 saturated heterocycles. The van der Waals surface area contributed by atoms with E-state index in [1.54, 1.807) is 88.4 Å². The van der Waals surface area contributed by atoms with Gasteiger partial charge in [-0.1, -0.05) is 116 Å². The van der Waals surface area contributed by atoms with E-state index in [1.165, 1.54) is 9.80 Å². The third-order valence-electron chi connectivity index (χ3n) is 15.8. The number of amides is 10. The van der Waals surface area contributed by atoms with Gasteiger partial charge in [-0.05, 0) is 112 Å². The lowest BCUT2D eigenvalue weighted by Crippen LogP contribution is -2.64. The van der Waals surface area contributed by atoms with Crippen LogP contribution in [-0.4, -0.2) is 165 Å². The summed E-state index contributed by atoms with van der Waals surface area (Å²) in [7, 11) is 0. The predicted octanol–water partition coefficient (Wildman–Crippen LogP) is 0.400. The second-order valence-corrected chi connectivity index (χ2v) is 24.1. The molecule has 2 aromatic rings. The van der Waals surface area contributed by atoms with Gasteiger partial charge in [0.05, 0.1) is 0 Å². The van der Waals surface area contributed by atoms with E-state index >= 15 is 4.79 Å². The lowest BCUT2D eigenvalue weighted by Gasteiger charge is -2.36. The second-order valence-electron chi connectivity index (χ2n) is 24.1. The molecule has 10 amide bonds. The van der Waals surface area contributed by atoms with Gasteiger partial charge in [0.25, 0.3) is 11.8 Å². The number of hydrazine groups is 2. The van der Waals surface area contributed by atoms with Gasteiger partial charge in [0, 0.05) is 25.9 Å². The Balaban J connectivity index is 1.62. The van der Waals surface area contributed by atoms with Crippen molar-refractivity contribution in [3.05, 3.63) is 71.8 Å². The first kappa shape index (κ1) is 67.8. The Kier molecular flexibility index (Phi) is 26.1. The Morgan fingerprint density at radius 2 is 0.881 bits per heavy atom. The van der Waals surface area contributed by atoms with Crippen LogP contribution in [0.25, 0.3) is 0 Å². The van der Waals surface area contributed by atoms with Crippen molar-refractivity contribution in [2.24, 2.45) is 46.8 Å². The molecule has 5 rings (SSSR count). The molecule has 0 aliphatic carbocycles. The second kappa shape index (κ2) is 32.3. The monoisotopic (exact) mass is 1170 g/mol. The fourth-order valence-electron chi connectivity index (χ4n) is 11.2. The van der Waals surface area contributed by atoms with Crippen LogP contribution in [0.4, 0.5) is 0 Å². The number of hydrogen-bond acceptors (Lipinski definition) is 14.